The fourth-order valence-corrected chi connectivity index (χ4v) is 3.42. The SMILES string of the molecule is CC(C)(Cn1cnc2c(C(=O)O)cccc21)NS(C)(=O)=O. The highest BCUT2D eigenvalue weighted by Crippen LogP contribution is 2.20. The Bertz CT molecular complexity index is 793. The first-order valence-corrected chi connectivity index (χ1v) is 8.14. The summed E-state index contributed by atoms with van der Waals surface area (Å²) in [5.74, 6) is -1.04. The first kappa shape index (κ1) is 15.5. The van der Waals surface area contributed by atoms with Crippen LogP contribution in [0.5, 0.6) is 0 Å². The number of hydrogen-bond acceptors (Lipinski definition) is 4. The minimum Gasteiger partial charge on any atom is -0.478 e. The molecule has 0 aliphatic rings. The largest absolute Gasteiger partial charge is 0.478 e. The zero-order valence-corrected chi connectivity index (χ0v) is 12.8. The zero-order chi connectivity index (χ0) is 15.8. The molecule has 0 fully saturated rings. The molecule has 1 heterocycles. The summed E-state index contributed by atoms with van der Waals surface area (Å²) in [5, 5.41) is 9.14. The Balaban J connectivity index is 2.40. The van der Waals surface area contributed by atoms with Crippen molar-refractivity contribution in [2.45, 2.75) is 25.9 Å². The Labute approximate surface area is 122 Å². The standard InChI is InChI=1S/C13H17N3O4S/c1-13(2,15-21(3,19)20)7-16-8-14-11-9(12(17)18)5-4-6-10(11)16/h4-6,8,15H,7H2,1-3H3,(H,17,18). The van der Waals surface area contributed by atoms with E-state index < -0.39 is 21.5 Å². The number of aromatic carboxylic acids is 1. The van der Waals surface area contributed by atoms with E-state index in [0.29, 0.717) is 17.6 Å². The average Bonchev–Trinajstić information content (AvgIpc) is 2.68. The van der Waals surface area contributed by atoms with Crippen LogP contribution in [-0.4, -0.2) is 40.8 Å². The van der Waals surface area contributed by atoms with Crippen LogP contribution in [0.1, 0.15) is 24.2 Å². The predicted octanol–water partition coefficient (Wildman–Crippen LogP) is 1.06. The van der Waals surface area contributed by atoms with E-state index in [4.69, 9.17) is 5.11 Å². The Kier molecular flexibility index (Phi) is 3.77. The van der Waals surface area contributed by atoms with Crippen LogP contribution in [0.2, 0.25) is 0 Å². The molecule has 0 saturated heterocycles. The van der Waals surface area contributed by atoms with E-state index >= 15 is 0 Å². The van der Waals surface area contributed by atoms with Crippen LogP contribution in [0.3, 0.4) is 0 Å². The van der Waals surface area contributed by atoms with Gasteiger partial charge in [-0.15, -0.1) is 0 Å². The summed E-state index contributed by atoms with van der Waals surface area (Å²) in [6.45, 7) is 3.83. The van der Waals surface area contributed by atoms with Crippen molar-refractivity contribution in [3.05, 3.63) is 30.1 Å². The monoisotopic (exact) mass is 311 g/mol. The Morgan fingerprint density at radius 3 is 2.67 bits per heavy atom. The molecular weight excluding hydrogens is 294 g/mol. The van der Waals surface area contributed by atoms with Gasteiger partial charge in [-0.3, -0.25) is 0 Å². The van der Waals surface area contributed by atoms with Gasteiger partial charge < -0.3 is 9.67 Å². The van der Waals surface area contributed by atoms with Crippen LogP contribution < -0.4 is 4.72 Å². The number of nitrogens with zero attached hydrogens (tertiary/aromatic N) is 2. The van der Waals surface area contributed by atoms with Crippen LogP contribution in [-0.2, 0) is 16.6 Å². The van der Waals surface area contributed by atoms with Gasteiger partial charge in [0.15, 0.2) is 0 Å². The molecule has 21 heavy (non-hydrogen) atoms. The molecule has 1 aromatic carbocycles. The van der Waals surface area contributed by atoms with E-state index in [1.807, 2.05) is 0 Å². The van der Waals surface area contributed by atoms with Crippen molar-refractivity contribution in [1.29, 1.82) is 0 Å². The summed E-state index contributed by atoms with van der Waals surface area (Å²) in [7, 11) is -3.34. The van der Waals surface area contributed by atoms with E-state index in [0.717, 1.165) is 6.26 Å². The second kappa shape index (κ2) is 5.12. The van der Waals surface area contributed by atoms with E-state index in [-0.39, 0.29) is 5.56 Å². The summed E-state index contributed by atoms with van der Waals surface area (Å²) >= 11 is 0. The maximum Gasteiger partial charge on any atom is 0.337 e. The van der Waals surface area contributed by atoms with Gasteiger partial charge in [-0.25, -0.2) is 22.9 Å². The molecule has 0 spiro atoms. The summed E-state index contributed by atoms with van der Waals surface area (Å²) in [6.07, 6.45) is 2.62. The van der Waals surface area contributed by atoms with Crippen molar-refractivity contribution in [1.82, 2.24) is 14.3 Å². The van der Waals surface area contributed by atoms with Gasteiger partial charge in [0, 0.05) is 12.1 Å². The number of sulfonamides is 1. The van der Waals surface area contributed by atoms with Gasteiger partial charge in [0.05, 0.1) is 23.7 Å². The molecule has 0 unspecified atom stereocenters. The lowest BCUT2D eigenvalue weighted by Gasteiger charge is -2.25. The van der Waals surface area contributed by atoms with E-state index in [1.54, 1.807) is 30.5 Å². The van der Waals surface area contributed by atoms with Crippen molar-refractivity contribution >= 4 is 27.0 Å². The molecule has 1 aromatic heterocycles. The number of carboxylic acids is 1. The van der Waals surface area contributed by atoms with E-state index in [2.05, 4.69) is 9.71 Å². The summed E-state index contributed by atoms with van der Waals surface area (Å²) in [5.41, 5.74) is 0.444. The molecule has 0 aliphatic heterocycles. The number of hydrogen-bond donors (Lipinski definition) is 2. The first-order chi connectivity index (χ1) is 9.59. The van der Waals surface area contributed by atoms with Gasteiger partial charge in [-0.2, -0.15) is 0 Å². The van der Waals surface area contributed by atoms with Crippen LogP contribution in [0.25, 0.3) is 11.0 Å². The van der Waals surface area contributed by atoms with Crippen molar-refractivity contribution < 1.29 is 18.3 Å². The maximum atomic E-state index is 11.4. The molecule has 114 valence electrons. The zero-order valence-electron chi connectivity index (χ0n) is 12.0. The molecule has 0 bridgehead atoms. The lowest BCUT2D eigenvalue weighted by atomic mass is 10.1. The molecular formula is C13H17N3O4S. The highest BCUT2D eigenvalue weighted by molar-refractivity contribution is 7.88. The topological polar surface area (TPSA) is 101 Å². The van der Waals surface area contributed by atoms with Gasteiger partial charge in [-0.05, 0) is 26.0 Å². The van der Waals surface area contributed by atoms with Gasteiger partial charge in [0.2, 0.25) is 10.0 Å². The molecule has 0 aliphatic carbocycles. The van der Waals surface area contributed by atoms with Gasteiger partial charge in [0.1, 0.15) is 5.52 Å². The van der Waals surface area contributed by atoms with Crippen LogP contribution >= 0.6 is 0 Å². The predicted molar refractivity (Wildman–Crippen MR) is 78.8 cm³/mol. The van der Waals surface area contributed by atoms with Gasteiger partial charge >= 0.3 is 5.97 Å². The normalized spacial score (nSPS) is 12.7. The second-order valence-corrected chi connectivity index (χ2v) is 7.36. The van der Waals surface area contributed by atoms with Crippen molar-refractivity contribution in [2.75, 3.05) is 6.26 Å². The van der Waals surface area contributed by atoms with E-state index in [9.17, 15) is 13.2 Å². The van der Waals surface area contributed by atoms with Crippen molar-refractivity contribution in [3.8, 4) is 0 Å². The van der Waals surface area contributed by atoms with Crippen LogP contribution in [0, 0.1) is 0 Å². The van der Waals surface area contributed by atoms with Crippen LogP contribution in [0.15, 0.2) is 24.5 Å². The third-order valence-electron chi connectivity index (χ3n) is 2.91. The number of carboxylic acid groups (broad SMARTS) is 1. The number of fused-ring (bicyclic) bond motifs is 1. The fourth-order valence-electron chi connectivity index (χ4n) is 2.35. The minimum atomic E-state index is -3.34. The number of aromatic nitrogens is 2. The summed E-state index contributed by atoms with van der Waals surface area (Å²) in [4.78, 5) is 15.3. The smallest absolute Gasteiger partial charge is 0.337 e. The number of nitrogens with one attached hydrogen (secondary N) is 1. The van der Waals surface area contributed by atoms with Gasteiger partial charge in [0.25, 0.3) is 0 Å². The van der Waals surface area contributed by atoms with E-state index in [1.165, 1.54) is 12.4 Å². The number of rotatable bonds is 5. The molecule has 0 saturated carbocycles. The molecule has 2 rings (SSSR count). The highest BCUT2D eigenvalue weighted by Gasteiger charge is 2.24. The quantitative estimate of drug-likeness (QED) is 0.860. The van der Waals surface area contributed by atoms with Crippen LogP contribution in [0.4, 0.5) is 0 Å². The molecule has 0 amide bonds. The number of para-hydroxylation sites is 1. The van der Waals surface area contributed by atoms with Gasteiger partial charge in [-0.1, -0.05) is 6.07 Å². The molecule has 2 aromatic rings. The second-order valence-electron chi connectivity index (χ2n) is 5.61. The number of benzene rings is 1. The van der Waals surface area contributed by atoms with Crippen molar-refractivity contribution in [2.24, 2.45) is 0 Å². The highest BCUT2D eigenvalue weighted by atomic mass is 32.2. The first-order valence-electron chi connectivity index (χ1n) is 6.25. The molecule has 2 N–H and O–H groups in total. The molecule has 8 heteroatoms. The average molecular weight is 311 g/mol. The fraction of sp³-hybridized carbons (Fsp3) is 0.385. The third-order valence-corrected chi connectivity index (χ3v) is 3.83. The number of carbonyl (C=O) groups is 1. The molecule has 0 radical (unpaired) electrons. The lowest BCUT2D eigenvalue weighted by molar-refractivity contribution is 0.0699. The summed E-state index contributed by atoms with van der Waals surface area (Å²) in [6, 6.07) is 4.88. The van der Waals surface area contributed by atoms with Crippen molar-refractivity contribution in [3.63, 3.8) is 0 Å². The maximum absolute atomic E-state index is 11.4. The summed E-state index contributed by atoms with van der Waals surface area (Å²) < 4.78 is 27.0. The molecule has 7 nitrogen and oxygen atoms in total. The number of imidazole rings is 1. The lowest BCUT2D eigenvalue weighted by Crippen LogP contribution is -2.45. The third kappa shape index (κ3) is 3.59. The minimum absolute atomic E-state index is 0.125. The molecule has 0 atom stereocenters. The Hall–Kier alpha value is -1.93. The Morgan fingerprint density at radius 1 is 1.43 bits per heavy atom. The Morgan fingerprint density at radius 2 is 2.10 bits per heavy atom.